The number of anilines is 1. The fourth-order valence-corrected chi connectivity index (χ4v) is 2.42. The molecule has 2 aromatic rings. The van der Waals surface area contributed by atoms with Crippen LogP contribution in [-0.2, 0) is 4.79 Å². The Kier molecular flexibility index (Phi) is 6.18. The van der Waals surface area contributed by atoms with Crippen LogP contribution in [0.2, 0.25) is 0 Å². The van der Waals surface area contributed by atoms with Gasteiger partial charge in [-0.05, 0) is 65.4 Å². The van der Waals surface area contributed by atoms with Gasteiger partial charge in [0.05, 0.1) is 12.3 Å². The monoisotopic (exact) mass is 418 g/mol. The van der Waals surface area contributed by atoms with Gasteiger partial charge in [0.2, 0.25) is 0 Å². The number of hydrogen-bond donors (Lipinski definition) is 1. The van der Waals surface area contributed by atoms with Crippen LogP contribution in [0.3, 0.4) is 0 Å². The van der Waals surface area contributed by atoms with Gasteiger partial charge in [0.15, 0.2) is 0 Å². The summed E-state index contributed by atoms with van der Waals surface area (Å²) in [6, 6.07) is 16.6. The van der Waals surface area contributed by atoms with Gasteiger partial charge in [-0.3, -0.25) is 4.79 Å². The smallest absolute Gasteiger partial charge is 0.266 e. The molecule has 0 bridgehead atoms. The predicted molar refractivity (Wildman–Crippen MR) is 99.0 cm³/mol. The Hall–Kier alpha value is -2.33. The summed E-state index contributed by atoms with van der Waals surface area (Å²) in [6.45, 7) is 2.51. The normalized spacial score (nSPS) is 10.7. The number of rotatable bonds is 5. The standard InChI is InChI=1S/C18H15IN2O2/c1-2-23-15-9-7-13(8-10-15)11-14(12-20)18(22)21-17-6-4-3-5-16(17)19/h3-11H,2H2,1H3,(H,21,22)/b14-11+. The van der Waals surface area contributed by atoms with Crippen molar-refractivity contribution in [2.45, 2.75) is 6.92 Å². The highest BCUT2D eigenvalue weighted by molar-refractivity contribution is 14.1. The van der Waals surface area contributed by atoms with Gasteiger partial charge in [0.25, 0.3) is 5.91 Å². The number of hydrogen-bond acceptors (Lipinski definition) is 3. The SMILES string of the molecule is CCOc1ccc(/C=C(\C#N)C(=O)Nc2ccccc2I)cc1. The number of nitriles is 1. The van der Waals surface area contributed by atoms with Crippen LogP contribution in [0, 0.1) is 14.9 Å². The molecule has 0 spiro atoms. The van der Waals surface area contributed by atoms with E-state index in [2.05, 4.69) is 27.9 Å². The molecule has 0 aromatic heterocycles. The first-order chi connectivity index (χ1) is 11.1. The van der Waals surface area contributed by atoms with Gasteiger partial charge >= 0.3 is 0 Å². The summed E-state index contributed by atoms with van der Waals surface area (Å²) in [7, 11) is 0. The quantitative estimate of drug-likeness (QED) is 0.449. The fraction of sp³-hybridized carbons (Fsp3) is 0.111. The number of amides is 1. The average Bonchev–Trinajstić information content (AvgIpc) is 2.56. The van der Waals surface area contributed by atoms with Crippen molar-refractivity contribution in [3.8, 4) is 11.8 Å². The van der Waals surface area contributed by atoms with E-state index in [9.17, 15) is 10.1 Å². The summed E-state index contributed by atoms with van der Waals surface area (Å²) < 4.78 is 6.28. The van der Waals surface area contributed by atoms with Crippen molar-refractivity contribution in [3.05, 3.63) is 63.2 Å². The van der Waals surface area contributed by atoms with E-state index in [-0.39, 0.29) is 5.57 Å². The molecule has 0 aliphatic heterocycles. The number of benzene rings is 2. The van der Waals surface area contributed by atoms with E-state index in [4.69, 9.17) is 4.74 Å². The molecule has 4 nitrogen and oxygen atoms in total. The lowest BCUT2D eigenvalue weighted by Gasteiger charge is -2.06. The van der Waals surface area contributed by atoms with Gasteiger partial charge in [-0.15, -0.1) is 0 Å². The zero-order valence-electron chi connectivity index (χ0n) is 12.5. The molecule has 1 N–H and O–H groups in total. The van der Waals surface area contributed by atoms with Crippen LogP contribution >= 0.6 is 22.6 Å². The van der Waals surface area contributed by atoms with Gasteiger partial charge in [0.1, 0.15) is 17.4 Å². The molecule has 23 heavy (non-hydrogen) atoms. The number of halogens is 1. The highest BCUT2D eigenvalue weighted by Crippen LogP contribution is 2.19. The van der Waals surface area contributed by atoms with Crippen LogP contribution in [0.4, 0.5) is 5.69 Å². The lowest BCUT2D eigenvalue weighted by atomic mass is 10.1. The van der Waals surface area contributed by atoms with Crippen LogP contribution in [0.1, 0.15) is 12.5 Å². The van der Waals surface area contributed by atoms with Crippen molar-refractivity contribution >= 4 is 40.3 Å². The third-order valence-electron chi connectivity index (χ3n) is 2.99. The summed E-state index contributed by atoms with van der Waals surface area (Å²) in [6.07, 6.45) is 1.56. The topological polar surface area (TPSA) is 62.1 Å². The van der Waals surface area contributed by atoms with Crippen molar-refractivity contribution in [1.29, 1.82) is 5.26 Å². The Morgan fingerprint density at radius 1 is 1.26 bits per heavy atom. The van der Waals surface area contributed by atoms with E-state index in [1.807, 2.05) is 55.5 Å². The minimum absolute atomic E-state index is 0.0498. The van der Waals surface area contributed by atoms with Crippen molar-refractivity contribution in [2.24, 2.45) is 0 Å². The Morgan fingerprint density at radius 3 is 2.57 bits per heavy atom. The maximum absolute atomic E-state index is 12.2. The Labute approximate surface area is 148 Å². The summed E-state index contributed by atoms with van der Waals surface area (Å²) in [4.78, 5) is 12.2. The first kappa shape index (κ1) is 17.0. The molecule has 2 aromatic carbocycles. The third kappa shape index (κ3) is 4.83. The van der Waals surface area contributed by atoms with Gasteiger partial charge in [-0.1, -0.05) is 24.3 Å². The zero-order valence-corrected chi connectivity index (χ0v) is 14.7. The first-order valence-corrected chi connectivity index (χ1v) is 8.12. The van der Waals surface area contributed by atoms with E-state index >= 15 is 0 Å². The van der Waals surface area contributed by atoms with Crippen LogP contribution < -0.4 is 10.1 Å². The highest BCUT2D eigenvalue weighted by Gasteiger charge is 2.11. The number of nitrogens with one attached hydrogen (secondary N) is 1. The molecule has 0 aliphatic rings. The van der Waals surface area contributed by atoms with Crippen LogP contribution in [0.5, 0.6) is 5.75 Å². The molecule has 0 saturated carbocycles. The largest absolute Gasteiger partial charge is 0.494 e. The van der Waals surface area contributed by atoms with Gasteiger partial charge in [-0.25, -0.2) is 0 Å². The Balaban J connectivity index is 2.16. The van der Waals surface area contributed by atoms with E-state index in [0.717, 1.165) is 14.9 Å². The number of nitrogens with zero attached hydrogens (tertiary/aromatic N) is 1. The lowest BCUT2D eigenvalue weighted by Crippen LogP contribution is -2.14. The van der Waals surface area contributed by atoms with Crippen LogP contribution in [0.25, 0.3) is 6.08 Å². The molecule has 0 fully saturated rings. The lowest BCUT2D eigenvalue weighted by molar-refractivity contribution is -0.112. The van der Waals surface area contributed by atoms with Crippen LogP contribution in [0.15, 0.2) is 54.1 Å². The summed E-state index contributed by atoms with van der Waals surface area (Å²) in [5.41, 5.74) is 1.50. The number of ether oxygens (including phenoxy) is 1. The second-order valence-electron chi connectivity index (χ2n) is 4.61. The van der Waals surface area contributed by atoms with Crippen LogP contribution in [-0.4, -0.2) is 12.5 Å². The minimum Gasteiger partial charge on any atom is -0.494 e. The third-order valence-corrected chi connectivity index (χ3v) is 3.93. The van der Waals surface area contributed by atoms with E-state index < -0.39 is 5.91 Å². The molecular weight excluding hydrogens is 403 g/mol. The van der Waals surface area contributed by atoms with E-state index in [0.29, 0.717) is 12.3 Å². The summed E-state index contributed by atoms with van der Waals surface area (Å²) >= 11 is 2.13. The molecule has 0 heterocycles. The maximum Gasteiger partial charge on any atom is 0.266 e. The first-order valence-electron chi connectivity index (χ1n) is 7.04. The maximum atomic E-state index is 12.2. The van der Waals surface area contributed by atoms with Crippen molar-refractivity contribution < 1.29 is 9.53 Å². The molecule has 1 amide bonds. The predicted octanol–water partition coefficient (Wildman–Crippen LogP) is 4.24. The molecule has 0 aliphatic carbocycles. The highest BCUT2D eigenvalue weighted by atomic mass is 127. The van der Waals surface area contributed by atoms with E-state index in [1.54, 1.807) is 12.1 Å². The Morgan fingerprint density at radius 2 is 1.96 bits per heavy atom. The van der Waals surface area contributed by atoms with Gasteiger partial charge < -0.3 is 10.1 Å². The average molecular weight is 418 g/mol. The van der Waals surface area contributed by atoms with Crippen molar-refractivity contribution in [1.82, 2.24) is 0 Å². The molecular formula is C18H15IN2O2. The number of carbonyl (C=O) groups is 1. The summed E-state index contributed by atoms with van der Waals surface area (Å²) in [5, 5.41) is 12.0. The molecule has 0 saturated heterocycles. The molecule has 0 unspecified atom stereocenters. The molecule has 0 atom stereocenters. The number of carbonyl (C=O) groups excluding carboxylic acids is 1. The number of para-hydroxylation sites is 1. The van der Waals surface area contributed by atoms with Crippen molar-refractivity contribution in [2.75, 3.05) is 11.9 Å². The molecule has 5 heteroatoms. The second-order valence-corrected chi connectivity index (χ2v) is 5.77. The van der Waals surface area contributed by atoms with Crippen molar-refractivity contribution in [3.63, 3.8) is 0 Å². The minimum atomic E-state index is -0.425. The van der Waals surface area contributed by atoms with Gasteiger partial charge in [0, 0.05) is 3.57 Å². The zero-order chi connectivity index (χ0) is 16.7. The molecule has 2 rings (SSSR count). The fourth-order valence-electron chi connectivity index (χ4n) is 1.89. The second kappa shape index (κ2) is 8.34. The molecule has 0 radical (unpaired) electrons. The molecule has 116 valence electrons. The summed E-state index contributed by atoms with van der Waals surface area (Å²) in [5.74, 6) is 0.331. The van der Waals surface area contributed by atoms with E-state index in [1.165, 1.54) is 0 Å². The van der Waals surface area contributed by atoms with Gasteiger partial charge in [-0.2, -0.15) is 5.26 Å². The Bertz CT molecular complexity index is 761.